The van der Waals surface area contributed by atoms with Gasteiger partial charge in [0.05, 0.1) is 13.3 Å². The van der Waals surface area contributed by atoms with Crippen molar-refractivity contribution in [1.29, 1.82) is 0 Å². The van der Waals surface area contributed by atoms with Crippen molar-refractivity contribution >= 4 is 6.21 Å². The first-order chi connectivity index (χ1) is 7.67. The fourth-order valence-corrected chi connectivity index (χ4v) is 1.12. The molecule has 0 spiro atoms. The molecule has 6 heteroatoms. The highest BCUT2D eigenvalue weighted by Crippen LogP contribution is 2.27. The molecule has 0 unspecified atom stereocenters. The zero-order chi connectivity index (χ0) is 12.0. The highest BCUT2D eigenvalue weighted by atomic mass is 19.3. The number of hydrogen-bond acceptors (Lipinski definition) is 4. The maximum Gasteiger partial charge on any atom is 0.272 e. The number of hydrogen-bond donors (Lipinski definition) is 1. The van der Waals surface area contributed by atoms with Crippen molar-refractivity contribution in [3.8, 4) is 11.5 Å². The first-order valence-electron chi connectivity index (χ1n) is 4.49. The minimum atomic E-state index is -2.52. The van der Waals surface area contributed by atoms with E-state index in [-0.39, 0.29) is 5.75 Å². The van der Waals surface area contributed by atoms with Crippen LogP contribution in [-0.2, 0) is 0 Å². The molecule has 16 heavy (non-hydrogen) atoms. The Morgan fingerprint density at radius 2 is 2.19 bits per heavy atom. The molecular weight excluding hydrogens is 218 g/mol. The minimum Gasteiger partial charge on any atom is -0.493 e. The van der Waals surface area contributed by atoms with Gasteiger partial charge >= 0.3 is 0 Å². The Morgan fingerprint density at radius 3 is 2.75 bits per heavy atom. The lowest BCUT2D eigenvalue weighted by Crippen LogP contribution is -2.07. The Kier molecular flexibility index (Phi) is 4.50. The molecule has 0 amide bonds. The third kappa shape index (κ3) is 3.38. The second-order valence-corrected chi connectivity index (χ2v) is 2.89. The van der Waals surface area contributed by atoms with Crippen molar-refractivity contribution < 1.29 is 18.3 Å². The fraction of sp³-hybridized carbons (Fsp3) is 0.300. The molecule has 88 valence electrons. The van der Waals surface area contributed by atoms with Crippen LogP contribution in [0, 0.1) is 0 Å². The van der Waals surface area contributed by atoms with Crippen LogP contribution in [0.4, 0.5) is 8.78 Å². The van der Waals surface area contributed by atoms with Crippen molar-refractivity contribution in [2.24, 2.45) is 10.9 Å². The molecule has 0 atom stereocenters. The average Bonchev–Trinajstić information content (AvgIpc) is 2.27. The Morgan fingerprint density at radius 1 is 1.44 bits per heavy atom. The molecule has 0 radical (unpaired) electrons. The zero-order valence-electron chi connectivity index (χ0n) is 8.69. The molecule has 0 saturated heterocycles. The predicted molar refractivity (Wildman–Crippen MR) is 56.3 cm³/mol. The summed E-state index contributed by atoms with van der Waals surface area (Å²) in [5, 5.41) is 3.34. The quantitative estimate of drug-likeness (QED) is 0.475. The van der Waals surface area contributed by atoms with Gasteiger partial charge in [0.2, 0.25) is 0 Å². The molecule has 0 aliphatic carbocycles. The van der Waals surface area contributed by atoms with Crippen LogP contribution < -0.4 is 15.3 Å². The number of rotatable bonds is 5. The molecule has 0 aliphatic heterocycles. The Balaban J connectivity index is 2.84. The third-order valence-electron chi connectivity index (χ3n) is 1.78. The summed E-state index contributed by atoms with van der Waals surface area (Å²) in [6.45, 7) is -0.666. The van der Waals surface area contributed by atoms with Crippen molar-refractivity contribution in [1.82, 2.24) is 0 Å². The van der Waals surface area contributed by atoms with E-state index < -0.39 is 13.0 Å². The van der Waals surface area contributed by atoms with Gasteiger partial charge in [-0.25, -0.2) is 8.78 Å². The topological polar surface area (TPSA) is 56.8 Å². The maximum atomic E-state index is 12.0. The molecule has 1 rings (SSSR count). The summed E-state index contributed by atoms with van der Waals surface area (Å²) < 4.78 is 33.8. The Hall–Kier alpha value is -1.85. The van der Waals surface area contributed by atoms with Crippen LogP contribution in [0.3, 0.4) is 0 Å². The minimum absolute atomic E-state index is 0.261. The van der Waals surface area contributed by atoms with Gasteiger partial charge in [-0.15, -0.1) is 0 Å². The number of nitrogens with two attached hydrogens (primary N) is 1. The van der Waals surface area contributed by atoms with E-state index in [2.05, 4.69) is 5.10 Å². The summed E-state index contributed by atoms with van der Waals surface area (Å²) in [6, 6.07) is 4.76. The molecule has 0 aliphatic rings. The van der Waals surface area contributed by atoms with Crippen LogP contribution in [0.5, 0.6) is 11.5 Å². The van der Waals surface area contributed by atoms with E-state index in [4.69, 9.17) is 15.3 Å². The molecular formula is C10H12F2N2O2. The van der Waals surface area contributed by atoms with Gasteiger partial charge in [0.1, 0.15) is 6.61 Å². The lowest BCUT2D eigenvalue weighted by Gasteiger charge is -2.10. The Bertz CT molecular complexity index is 370. The summed E-state index contributed by atoms with van der Waals surface area (Å²) in [5.41, 5.74) is 0.698. The van der Waals surface area contributed by atoms with Crippen LogP contribution in [0.1, 0.15) is 5.56 Å². The summed E-state index contributed by atoms with van der Waals surface area (Å²) in [6.07, 6.45) is -1.10. The zero-order valence-corrected chi connectivity index (χ0v) is 8.69. The van der Waals surface area contributed by atoms with Crippen molar-refractivity contribution in [3.63, 3.8) is 0 Å². The number of alkyl halides is 2. The molecule has 4 nitrogen and oxygen atoms in total. The Labute approximate surface area is 91.7 Å². The summed E-state index contributed by atoms with van der Waals surface area (Å²) >= 11 is 0. The lowest BCUT2D eigenvalue weighted by atomic mass is 10.2. The van der Waals surface area contributed by atoms with Gasteiger partial charge in [-0.05, 0) is 23.8 Å². The number of hydrazone groups is 1. The number of halogens is 2. The highest BCUT2D eigenvalue weighted by Gasteiger charge is 2.08. The first-order valence-corrected chi connectivity index (χ1v) is 4.49. The van der Waals surface area contributed by atoms with Gasteiger partial charge in [-0.1, -0.05) is 0 Å². The van der Waals surface area contributed by atoms with Crippen molar-refractivity contribution in [3.05, 3.63) is 23.8 Å². The average molecular weight is 230 g/mol. The molecule has 1 aromatic carbocycles. The van der Waals surface area contributed by atoms with E-state index >= 15 is 0 Å². The SMILES string of the molecule is COc1cc(C=NN)ccc1OCC(F)F. The van der Waals surface area contributed by atoms with Gasteiger partial charge in [0, 0.05) is 0 Å². The van der Waals surface area contributed by atoms with Crippen LogP contribution in [-0.4, -0.2) is 26.4 Å². The van der Waals surface area contributed by atoms with E-state index in [1.54, 1.807) is 12.1 Å². The van der Waals surface area contributed by atoms with Crippen molar-refractivity contribution in [2.75, 3.05) is 13.7 Å². The molecule has 0 heterocycles. The van der Waals surface area contributed by atoms with Crippen LogP contribution in [0.15, 0.2) is 23.3 Å². The number of methoxy groups -OCH3 is 1. The fourth-order valence-electron chi connectivity index (χ4n) is 1.12. The predicted octanol–water partition coefficient (Wildman–Crippen LogP) is 1.63. The summed E-state index contributed by atoms with van der Waals surface area (Å²) in [5.74, 6) is 5.61. The van der Waals surface area contributed by atoms with E-state index in [9.17, 15) is 8.78 Å². The van der Waals surface area contributed by atoms with Crippen molar-refractivity contribution in [2.45, 2.75) is 6.43 Å². The van der Waals surface area contributed by atoms with E-state index in [0.717, 1.165) is 0 Å². The van der Waals surface area contributed by atoms with Gasteiger partial charge in [-0.3, -0.25) is 0 Å². The van der Waals surface area contributed by atoms with Gasteiger partial charge < -0.3 is 15.3 Å². The van der Waals surface area contributed by atoms with E-state index in [1.807, 2.05) is 0 Å². The molecule has 0 bridgehead atoms. The number of ether oxygens (including phenoxy) is 2. The molecule has 0 aromatic heterocycles. The first kappa shape index (κ1) is 12.2. The van der Waals surface area contributed by atoms with Gasteiger partial charge in [-0.2, -0.15) is 5.10 Å². The highest BCUT2D eigenvalue weighted by molar-refractivity contribution is 5.80. The normalized spacial score (nSPS) is 11.0. The largest absolute Gasteiger partial charge is 0.493 e. The van der Waals surface area contributed by atoms with Gasteiger partial charge in [0.15, 0.2) is 11.5 Å². The molecule has 1 aromatic rings. The summed E-state index contributed by atoms with van der Waals surface area (Å²) in [4.78, 5) is 0. The number of benzene rings is 1. The summed E-state index contributed by atoms with van der Waals surface area (Å²) in [7, 11) is 1.42. The monoisotopic (exact) mass is 230 g/mol. The smallest absolute Gasteiger partial charge is 0.272 e. The standard InChI is InChI=1S/C10H12F2N2O2/c1-15-9-4-7(5-14-13)2-3-8(9)16-6-10(11)12/h2-5,10H,6,13H2,1H3. The third-order valence-corrected chi connectivity index (χ3v) is 1.78. The number of nitrogens with zero attached hydrogens (tertiary/aromatic N) is 1. The van der Waals surface area contributed by atoms with Crippen LogP contribution >= 0.6 is 0 Å². The van der Waals surface area contributed by atoms with E-state index in [1.165, 1.54) is 19.4 Å². The second-order valence-electron chi connectivity index (χ2n) is 2.89. The molecule has 0 saturated carbocycles. The van der Waals surface area contributed by atoms with E-state index in [0.29, 0.717) is 11.3 Å². The second kappa shape index (κ2) is 5.89. The van der Waals surface area contributed by atoms with Gasteiger partial charge in [0.25, 0.3) is 6.43 Å². The molecule has 2 N–H and O–H groups in total. The lowest BCUT2D eigenvalue weighted by molar-refractivity contribution is 0.0804. The molecule has 0 fully saturated rings. The van der Waals surface area contributed by atoms with Crippen LogP contribution in [0.25, 0.3) is 0 Å². The van der Waals surface area contributed by atoms with Crippen LogP contribution in [0.2, 0.25) is 0 Å². The maximum absolute atomic E-state index is 12.0.